The summed E-state index contributed by atoms with van der Waals surface area (Å²) in [7, 11) is -3.35. The molecule has 0 unspecified atom stereocenters. The Morgan fingerprint density at radius 1 is 1.31 bits per heavy atom. The molecule has 0 aliphatic carbocycles. The third-order valence-corrected chi connectivity index (χ3v) is 3.59. The van der Waals surface area contributed by atoms with Crippen LogP contribution in [0.3, 0.4) is 0 Å². The summed E-state index contributed by atoms with van der Waals surface area (Å²) < 4.78 is 25.7. The topological polar surface area (TPSA) is 66.4 Å². The Balaban J connectivity index is 2.83. The van der Waals surface area contributed by atoms with Crippen LogP contribution in [0.25, 0.3) is 0 Å². The molecule has 0 saturated heterocycles. The molecule has 0 amide bonds. The largest absolute Gasteiger partial charge is 0.396 e. The van der Waals surface area contributed by atoms with Crippen molar-refractivity contribution >= 4 is 15.7 Å². The molecule has 0 fully saturated rings. The van der Waals surface area contributed by atoms with E-state index < -0.39 is 10.0 Å². The third-order valence-electron chi connectivity index (χ3n) is 2.23. The van der Waals surface area contributed by atoms with Gasteiger partial charge >= 0.3 is 0 Å². The van der Waals surface area contributed by atoms with Gasteiger partial charge in [0.05, 0.1) is 11.4 Å². The Hall–Kier alpha value is -1.07. The minimum Gasteiger partial charge on any atom is -0.396 e. The van der Waals surface area contributed by atoms with E-state index in [0.29, 0.717) is 5.69 Å². The zero-order chi connectivity index (χ0) is 12.2. The van der Waals surface area contributed by atoms with E-state index in [4.69, 9.17) is 5.11 Å². The van der Waals surface area contributed by atoms with E-state index in [0.717, 1.165) is 11.1 Å². The second kappa shape index (κ2) is 5.32. The van der Waals surface area contributed by atoms with Gasteiger partial charge in [0.15, 0.2) is 0 Å². The summed E-state index contributed by atoms with van der Waals surface area (Å²) in [5.41, 5.74) is 2.50. The minimum atomic E-state index is -3.35. The fourth-order valence-corrected chi connectivity index (χ4v) is 2.49. The normalized spacial score (nSPS) is 11.4. The number of hydrogen-bond acceptors (Lipinski definition) is 3. The van der Waals surface area contributed by atoms with Crippen LogP contribution in [0.2, 0.25) is 0 Å². The zero-order valence-electron chi connectivity index (χ0n) is 9.53. The standard InChI is InChI=1S/C11H17NO3S/c1-9-4-5-10(2)11(8-9)12-16(14,15)7-3-6-13/h4-5,8,12-13H,3,6-7H2,1-2H3. The van der Waals surface area contributed by atoms with Crippen LogP contribution < -0.4 is 4.72 Å². The lowest BCUT2D eigenvalue weighted by atomic mass is 10.1. The summed E-state index contributed by atoms with van der Waals surface area (Å²) in [4.78, 5) is 0. The van der Waals surface area contributed by atoms with E-state index in [1.807, 2.05) is 26.0 Å². The average Bonchev–Trinajstić information content (AvgIpc) is 2.20. The van der Waals surface area contributed by atoms with Crippen LogP contribution in [0.5, 0.6) is 0 Å². The molecule has 0 aliphatic rings. The highest BCUT2D eigenvalue weighted by atomic mass is 32.2. The molecular formula is C11H17NO3S. The fourth-order valence-electron chi connectivity index (χ4n) is 1.32. The minimum absolute atomic E-state index is 0.0586. The van der Waals surface area contributed by atoms with E-state index >= 15 is 0 Å². The first kappa shape index (κ1) is 13.0. The molecule has 5 heteroatoms. The molecule has 90 valence electrons. The first-order chi connectivity index (χ1) is 7.44. The molecule has 16 heavy (non-hydrogen) atoms. The second-order valence-electron chi connectivity index (χ2n) is 3.82. The van der Waals surface area contributed by atoms with Gasteiger partial charge in [-0.1, -0.05) is 12.1 Å². The molecule has 0 saturated carbocycles. The van der Waals surface area contributed by atoms with Crippen molar-refractivity contribution < 1.29 is 13.5 Å². The highest BCUT2D eigenvalue weighted by Gasteiger charge is 2.11. The molecule has 0 atom stereocenters. The van der Waals surface area contributed by atoms with Crippen molar-refractivity contribution in [1.29, 1.82) is 0 Å². The lowest BCUT2D eigenvalue weighted by Gasteiger charge is -2.10. The number of aliphatic hydroxyl groups excluding tert-OH is 1. The smallest absolute Gasteiger partial charge is 0.232 e. The van der Waals surface area contributed by atoms with Crippen molar-refractivity contribution in [3.05, 3.63) is 29.3 Å². The van der Waals surface area contributed by atoms with Gasteiger partial charge in [-0.25, -0.2) is 8.42 Å². The van der Waals surface area contributed by atoms with Crippen molar-refractivity contribution in [2.45, 2.75) is 20.3 Å². The average molecular weight is 243 g/mol. The first-order valence-electron chi connectivity index (χ1n) is 5.13. The summed E-state index contributed by atoms with van der Waals surface area (Å²) >= 11 is 0. The van der Waals surface area contributed by atoms with Crippen LogP contribution in [-0.2, 0) is 10.0 Å². The maximum atomic E-state index is 11.6. The molecule has 0 bridgehead atoms. The van der Waals surface area contributed by atoms with E-state index in [1.165, 1.54) is 0 Å². The fraction of sp³-hybridized carbons (Fsp3) is 0.455. The summed E-state index contributed by atoms with van der Waals surface area (Å²) in [6.07, 6.45) is 0.250. The molecular weight excluding hydrogens is 226 g/mol. The third kappa shape index (κ3) is 3.83. The molecule has 2 N–H and O–H groups in total. The summed E-state index contributed by atoms with van der Waals surface area (Å²) in [6, 6.07) is 5.60. The first-order valence-corrected chi connectivity index (χ1v) is 6.78. The van der Waals surface area contributed by atoms with E-state index in [1.54, 1.807) is 6.07 Å². The molecule has 0 heterocycles. The van der Waals surface area contributed by atoms with Crippen LogP contribution in [0.15, 0.2) is 18.2 Å². The lowest BCUT2D eigenvalue weighted by Crippen LogP contribution is -2.18. The molecule has 0 radical (unpaired) electrons. The molecule has 1 rings (SSSR count). The number of benzene rings is 1. The molecule has 1 aromatic carbocycles. The second-order valence-corrected chi connectivity index (χ2v) is 5.66. The number of hydrogen-bond donors (Lipinski definition) is 2. The monoisotopic (exact) mass is 243 g/mol. The Kier molecular flexibility index (Phi) is 4.32. The Labute approximate surface area is 96.4 Å². The van der Waals surface area contributed by atoms with Crippen LogP contribution in [0.1, 0.15) is 17.5 Å². The number of nitrogens with one attached hydrogen (secondary N) is 1. The van der Waals surface area contributed by atoms with Gasteiger partial charge in [0.1, 0.15) is 0 Å². The van der Waals surface area contributed by atoms with Gasteiger partial charge in [-0.15, -0.1) is 0 Å². The number of sulfonamides is 1. The predicted molar refractivity (Wildman–Crippen MR) is 65.0 cm³/mol. The zero-order valence-corrected chi connectivity index (χ0v) is 10.3. The van der Waals surface area contributed by atoms with Crippen molar-refractivity contribution in [3.8, 4) is 0 Å². The van der Waals surface area contributed by atoms with Crippen molar-refractivity contribution in [2.24, 2.45) is 0 Å². The molecule has 0 aliphatic heterocycles. The van der Waals surface area contributed by atoms with Gasteiger partial charge in [-0.2, -0.15) is 0 Å². The molecule has 0 spiro atoms. The van der Waals surface area contributed by atoms with Gasteiger partial charge in [0.25, 0.3) is 0 Å². The van der Waals surface area contributed by atoms with Crippen LogP contribution in [-0.4, -0.2) is 25.9 Å². The number of aliphatic hydroxyl groups is 1. The maximum Gasteiger partial charge on any atom is 0.232 e. The Morgan fingerprint density at radius 2 is 2.00 bits per heavy atom. The molecule has 1 aromatic rings. The highest BCUT2D eigenvalue weighted by Crippen LogP contribution is 2.17. The van der Waals surface area contributed by atoms with Crippen LogP contribution in [0, 0.1) is 13.8 Å². The van der Waals surface area contributed by atoms with Gasteiger partial charge in [-0.3, -0.25) is 4.72 Å². The van der Waals surface area contributed by atoms with Crippen molar-refractivity contribution in [1.82, 2.24) is 0 Å². The lowest BCUT2D eigenvalue weighted by molar-refractivity contribution is 0.295. The van der Waals surface area contributed by atoms with E-state index in [9.17, 15) is 8.42 Å². The summed E-state index contributed by atoms with van der Waals surface area (Å²) in [6.45, 7) is 3.64. The SMILES string of the molecule is Cc1ccc(C)c(NS(=O)(=O)CCCO)c1. The van der Waals surface area contributed by atoms with E-state index in [-0.39, 0.29) is 18.8 Å². The van der Waals surface area contributed by atoms with Crippen LogP contribution >= 0.6 is 0 Å². The maximum absolute atomic E-state index is 11.6. The molecule has 4 nitrogen and oxygen atoms in total. The number of aryl methyl sites for hydroxylation is 2. The van der Waals surface area contributed by atoms with Gasteiger partial charge in [0.2, 0.25) is 10.0 Å². The Bertz CT molecular complexity index is 454. The van der Waals surface area contributed by atoms with E-state index in [2.05, 4.69) is 4.72 Å². The number of anilines is 1. The van der Waals surface area contributed by atoms with Crippen LogP contribution in [0.4, 0.5) is 5.69 Å². The summed E-state index contributed by atoms with van der Waals surface area (Å²) in [5, 5.41) is 8.60. The van der Waals surface area contributed by atoms with Crippen molar-refractivity contribution in [3.63, 3.8) is 0 Å². The van der Waals surface area contributed by atoms with Gasteiger partial charge in [0, 0.05) is 6.61 Å². The number of rotatable bonds is 5. The van der Waals surface area contributed by atoms with Gasteiger partial charge < -0.3 is 5.11 Å². The van der Waals surface area contributed by atoms with Gasteiger partial charge in [-0.05, 0) is 37.5 Å². The predicted octanol–water partition coefficient (Wildman–Crippen LogP) is 1.43. The quantitative estimate of drug-likeness (QED) is 0.822. The van der Waals surface area contributed by atoms with Crippen molar-refractivity contribution in [2.75, 3.05) is 17.1 Å². The Morgan fingerprint density at radius 3 is 2.62 bits per heavy atom. The highest BCUT2D eigenvalue weighted by molar-refractivity contribution is 7.92. The molecule has 0 aromatic heterocycles. The summed E-state index contributed by atoms with van der Waals surface area (Å²) in [5.74, 6) is -0.0586.